The molecule has 1 heterocycles. The Morgan fingerprint density at radius 1 is 1.32 bits per heavy atom. The van der Waals surface area contributed by atoms with Crippen LogP contribution < -0.4 is 10.6 Å². The predicted molar refractivity (Wildman–Crippen MR) is 80.2 cm³/mol. The molecule has 3 rings (SSSR count). The Bertz CT molecular complexity index is 590. The van der Waals surface area contributed by atoms with E-state index in [2.05, 4.69) is 48.1 Å². The standard InChI is InChI=1S/C16H21N3/c1-11(12-7-8-12)19(2)16-15-6-4-3-5-14(15)13(9-17)10-18-16/h3-6,10-12H,7-9,17H2,1-2H3. The lowest BCUT2D eigenvalue weighted by Crippen LogP contribution is -2.31. The highest BCUT2D eigenvalue weighted by Crippen LogP contribution is 2.37. The van der Waals surface area contributed by atoms with E-state index in [-0.39, 0.29) is 0 Å². The molecule has 0 saturated heterocycles. The Kier molecular flexibility index (Phi) is 3.15. The first-order valence-electron chi connectivity index (χ1n) is 7.02. The van der Waals surface area contributed by atoms with Crippen LogP contribution in [-0.2, 0) is 6.54 Å². The van der Waals surface area contributed by atoms with Crippen LogP contribution in [0.2, 0.25) is 0 Å². The van der Waals surface area contributed by atoms with Gasteiger partial charge in [-0.05, 0) is 36.6 Å². The highest BCUT2D eigenvalue weighted by Gasteiger charge is 2.31. The fourth-order valence-electron chi connectivity index (χ4n) is 2.77. The third-order valence-electron chi connectivity index (χ3n) is 4.33. The summed E-state index contributed by atoms with van der Waals surface area (Å²) in [6.45, 7) is 2.83. The van der Waals surface area contributed by atoms with Crippen LogP contribution in [0.5, 0.6) is 0 Å². The van der Waals surface area contributed by atoms with Crippen molar-refractivity contribution >= 4 is 16.6 Å². The first kappa shape index (κ1) is 12.4. The van der Waals surface area contributed by atoms with E-state index in [1.165, 1.54) is 23.6 Å². The lowest BCUT2D eigenvalue weighted by atomic mass is 10.1. The maximum atomic E-state index is 5.81. The first-order chi connectivity index (χ1) is 9.22. The van der Waals surface area contributed by atoms with Crippen LogP contribution >= 0.6 is 0 Å². The minimum atomic E-state index is 0.537. The Hall–Kier alpha value is -1.61. The van der Waals surface area contributed by atoms with E-state index >= 15 is 0 Å². The number of anilines is 1. The van der Waals surface area contributed by atoms with Gasteiger partial charge in [0, 0.05) is 31.2 Å². The molecule has 0 radical (unpaired) electrons. The third-order valence-corrected chi connectivity index (χ3v) is 4.33. The lowest BCUT2D eigenvalue weighted by molar-refractivity contribution is 0.605. The molecule has 1 atom stereocenters. The molecule has 1 saturated carbocycles. The fraction of sp³-hybridized carbons (Fsp3) is 0.438. The van der Waals surface area contributed by atoms with Crippen LogP contribution in [0.15, 0.2) is 30.5 Å². The zero-order chi connectivity index (χ0) is 13.4. The largest absolute Gasteiger partial charge is 0.356 e. The number of hydrogen-bond acceptors (Lipinski definition) is 3. The van der Waals surface area contributed by atoms with Crippen molar-refractivity contribution in [2.75, 3.05) is 11.9 Å². The van der Waals surface area contributed by atoms with Crippen molar-refractivity contribution in [3.8, 4) is 0 Å². The summed E-state index contributed by atoms with van der Waals surface area (Å²) in [4.78, 5) is 6.97. The number of hydrogen-bond donors (Lipinski definition) is 1. The number of aromatic nitrogens is 1. The second-order valence-corrected chi connectivity index (χ2v) is 5.55. The van der Waals surface area contributed by atoms with E-state index in [0.29, 0.717) is 12.6 Å². The van der Waals surface area contributed by atoms with Gasteiger partial charge in [0.25, 0.3) is 0 Å². The SMILES string of the molecule is CC(C1CC1)N(C)c1ncc(CN)c2ccccc12. The molecule has 1 unspecified atom stereocenters. The zero-order valence-corrected chi connectivity index (χ0v) is 11.6. The van der Waals surface area contributed by atoms with E-state index in [4.69, 9.17) is 5.73 Å². The van der Waals surface area contributed by atoms with Gasteiger partial charge in [-0.2, -0.15) is 0 Å². The molecule has 1 aliphatic rings. The van der Waals surface area contributed by atoms with Crippen molar-refractivity contribution in [1.82, 2.24) is 4.98 Å². The van der Waals surface area contributed by atoms with Gasteiger partial charge in [-0.25, -0.2) is 4.98 Å². The van der Waals surface area contributed by atoms with Gasteiger partial charge in [-0.1, -0.05) is 24.3 Å². The van der Waals surface area contributed by atoms with E-state index in [1.807, 2.05) is 6.20 Å². The van der Waals surface area contributed by atoms with Crippen molar-refractivity contribution in [3.63, 3.8) is 0 Å². The maximum Gasteiger partial charge on any atom is 0.136 e. The van der Waals surface area contributed by atoms with Gasteiger partial charge >= 0.3 is 0 Å². The number of rotatable bonds is 4. The fourth-order valence-corrected chi connectivity index (χ4v) is 2.77. The highest BCUT2D eigenvalue weighted by atomic mass is 15.2. The summed E-state index contributed by atoms with van der Waals surface area (Å²) in [5.74, 6) is 1.91. The molecule has 0 amide bonds. The Morgan fingerprint density at radius 3 is 2.63 bits per heavy atom. The van der Waals surface area contributed by atoms with E-state index in [0.717, 1.165) is 17.3 Å². The highest BCUT2D eigenvalue weighted by molar-refractivity contribution is 5.94. The smallest absolute Gasteiger partial charge is 0.136 e. The average molecular weight is 255 g/mol. The van der Waals surface area contributed by atoms with Crippen LogP contribution in [0.25, 0.3) is 10.8 Å². The maximum absolute atomic E-state index is 5.81. The van der Waals surface area contributed by atoms with E-state index in [9.17, 15) is 0 Å². The van der Waals surface area contributed by atoms with Crippen LogP contribution in [0.1, 0.15) is 25.3 Å². The molecule has 0 bridgehead atoms. The minimum Gasteiger partial charge on any atom is -0.356 e. The summed E-state index contributed by atoms with van der Waals surface area (Å²) >= 11 is 0. The van der Waals surface area contributed by atoms with Crippen LogP contribution in [0, 0.1) is 5.92 Å². The average Bonchev–Trinajstić information content (AvgIpc) is 3.29. The van der Waals surface area contributed by atoms with Gasteiger partial charge in [0.15, 0.2) is 0 Å². The van der Waals surface area contributed by atoms with Crippen molar-refractivity contribution in [3.05, 3.63) is 36.0 Å². The van der Waals surface area contributed by atoms with Crippen molar-refractivity contribution in [2.45, 2.75) is 32.4 Å². The molecule has 100 valence electrons. The summed E-state index contributed by atoms with van der Waals surface area (Å²) in [7, 11) is 2.15. The lowest BCUT2D eigenvalue weighted by Gasteiger charge is -2.27. The number of pyridine rings is 1. The van der Waals surface area contributed by atoms with Gasteiger partial charge in [0.05, 0.1) is 0 Å². The molecule has 2 aromatic rings. The molecular weight excluding hydrogens is 234 g/mol. The number of benzene rings is 1. The van der Waals surface area contributed by atoms with Crippen molar-refractivity contribution in [2.24, 2.45) is 11.7 Å². The molecule has 3 heteroatoms. The second kappa shape index (κ2) is 4.82. The normalized spacial score (nSPS) is 16.6. The monoisotopic (exact) mass is 255 g/mol. The summed E-state index contributed by atoms with van der Waals surface area (Å²) in [6, 6.07) is 8.98. The predicted octanol–water partition coefficient (Wildman–Crippen LogP) is 2.93. The van der Waals surface area contributed by atoms with Crippen LogP contribution in [0.3, 0.4) is 0 Å². The van der Waals surface area contributed by atoms with E-state index in [1.54, 1.807) is 0 Å². The van der Waals surface area contributed by atoms with Gasteiger partial charge < -0.3 is 10.6 Å². The molecule has 2 N–H and O–H groups in total. The first-order valence-corrected chi connectivity index (χ1v) is 7.02. The van der Waals surface area contributed by atoms with Gasteiger partial charge in [-0.3, -0.25) is 0 Å². The van der Waals surface area contributed by atoms with Crippen LogP contribution in [-0.4, -0.2) is 18.1 Å². The Morgan fingerprint density at radius 2 is 2.00 bits per heavy atom. The second-order valence-electron chi connectivity index (χ2n) is 5.55. The van der Waals surface area contributed by atoms with Gasteiger partial charge in [0.1, 0.15) is 5.82 Å². The molecular formula is C16H21N3. The summed E-state index contributed by atoms with van der Waals surface area (Å²) in [5.41, 5.74) is 6.92. The van der Waals surface area contributed by atoms with Crippen LogP contribution in [0.4, 0.5) is 5.82 Å². The van der Waals surface area contributed by atoms with E-state index < -0.39 is 0 Å². The number of nitrogens with zero attached hydrogens (tertiary/aromatic N) is 2. The molecule has 3 nitrogen and oxygen atoms in total. The van der Waals surface area contributed by atoms with Crippen molar-refractivity contribution < 1.29 is 0 Å². The van der Waals surface area contributed by atoms with Gasteiger partial charge in [0.2, 0.25) is 0 Å². The summed E-state index contributed by atoms with van der Waals surface area (Å²) in [6.07, 6.45) is 4.63. The number of nitrogens with two attached hydrogens (primary N) is 1. The Balaban J connectivity index is 2.08. The third kappa shape index (κ3) is 2.19. The quantitative estimate of drug-likeness (QED) is 0.913. The summed E-state index contributed by atoms with van der Waals surface area (Å²) < 4.78 is 0. The summed E-state index contributed by atoms with van der Waals surface area (Å²) in [5, 5.41) is 2.44. The molecule has 1 fully saturated rings. The van der Waals surface area contributed by atoms with Gasteiger partial charge in [-0.15, -0.1) is 0 Å². The molecule has 19 heavy (non-hydrogen) atoms. The number of fused-ring (bicyclic) bond motifs is 1. The Labute approximate surface area is 114 Å². The molecule has 1 aromatic heterocycles. The topological polar surface area (TPSA) is 42.2 Å². The van der Waals surface area contributed by atoms with Crippen molar-refractivity contribution in [1.29, 1.82) is 0 Å². The molecule has 0 spiro atoms. The minimum absolute atomic E-state index is 0.537. The molecule has 0 aliphatic heterocycles. The molecule has 1 aromatic carbocycles. The molecule has 1 aliphatic carbocycles. The zero-order valence-electron chi connectivity index (χ0n) is 11.6.